The lowest BCUT2D eigenvalue weighted by Crippen LogP contribution is -2.35. The van der Waals surface area contributed by atoms with Gasteiger partial charge in [-0.3, -0.25) is 9.40 Å². The number of nitrogens with one attached hydrogen (secondary N) is 1. The molecule has 31 heavy (non-hydrogen) atoms. The Bertz CT molecular complexity index is 1230. The van der Waals surface area contributed by atoms with E-state index in [4.69, 9.17) is 0 Å². The Hall–Kier alpha value is -2.69. The van der Waals surface area contributed by atoms with Crippen molar-refractivity contribution >= 4 is 25.7 Å². The molecule has 10 heteroatoms. The summed E-state index contributed by atoms with van der Waals surface area (Å²) in [4.78, 5) is 0.103. The van der Waals surface area contributed by atoms with Gasteiger partial charge in [-0.05, 0) is 54.8 Å². The fourth-order valence-corrected chi connectivity index (χ4v) is 6.19. The van der Waals surface area contributed by atoms with Gasteiger partial charge < -0.3 is 0 Å². The van der Waals surface area contributed by atoms with Crippen molar-refractivity contribution in [3.8, 4) is 0 Å². The Morgan fingerprint density at radius 1 is 0.839 bits per heavy atom. The highest BCUT2D eigenvalue weighted by Crippen LogP contribution is 2.24. The molecule has 1 aliphatic heterocycles. The van der Waals surface area contributed by atoms with Gasteiger partial charge in [-0.1, -0.05) is 24.6 Å². The molecule has 0 atom stereocenters. The molecule has 0 amide bonds. The molecule has 0 spiro atoms. The van der Waals surface area contributed by atoms with Crippen LogP contribution in [0.3, 0.4) is 0 Å². The van der Waals surface area contributed by atoms with Gasteiger partial charge in [-0.15, -0.1) is 0 Å². The average Bonchev–Trinajstić information content (AvgIpc) is 3.29. The van der Waals surface area contributed by atoms with E-state index in [-0.39, 0.29) is 9.79 Å². The number of benzene rings is 2. The minimum atomic E-state index is -3.89. The van der Waals surface area contributed by atoms with Gasteiger partial charge in [0.15, 0.2) is 0 Å². The molecule has 2 heterocycles. The number of piperidine rings is 1. The van der Waals surface area contributed by atoms with Crippen LogP contribution in [-0.2, 0) is 26.6 Å². The molecule has 3 aromatic rings. The summed E-state index contributed by atoms with van der Waals surface area (Å²) in [6, 6.07) is 14.3. The molecule has 1 saturated heterocycles. The summed E-state index contributed by atoms with van der Waals surface area (Å²) >= 11 is 0. The van der Waals surface area contributed by atoms with E-state index in [1.54, 1.807) is 35.3 Å². The molecule has 0 bridgehead atoms. The Kier molecular flexibility index (Phi) is 6.12. The second-order valence-electron chi connectivity index (χ2n) is 7.40. The summed E-state index contributed by atoms with van der Waals surface area (Å²) in [6.45, 7) is 1.41. The number of aromatic nitrogens is 2. The van der Waals surface area contributed by atoms with Gasteiger partial charge in [0.2, 0.25) is 10.0 Å². The standard InChI is InChI=1S/C21H24N4O4S2/c26-30(27,23-21-8-3-2-7-18(21)17-24-14-6-13-22-24)19-9-11-20(12-10-19)31(28,29)25-15-4-1-5-16-25/h2-3,6-14,23H,1,4-5,15-17H2. The van der Waals surface area contributed by atoms with Crippen molar-refractivity contribution in [1.29, 1.82) is 0 Å². The molecule has 4 rings (SSSR count). The first kappa shape index (κ1) is 21.5. The molecule has 1 aliphatic rings. The predicted molar refractivity (Wildman–Crippen MR) is 118 cm³/mol. The predicted octanol–water partition coefficient (Wildman–Crippen LogP) is 2.91. The zero-order valence-corrected chi connectivity index (χ0v) is 18.5. The van der Waals surface area contributed by atoms with Gasteiger partial charge in [0, 0.05) is 25.5 Å². The number of hydrogen-bond acceptors (Lipinski definition) is 5. The summed E-state index contributed by atoms with van der Waals surface area (Å²) in [5, 5.41) is 4.16. The lowest BCUT2D eigenvalue weighted by Gasteiger charge is -2.25. The third kappa shape index (κ3) is 4.81. The highest BCUT2D eigenvalue weighted by Gasteiger charge is 2.26. The van der Waals surface area contributed by atoms with Gasteiger partial charge in [0.05, 0.1) is 22.0 Å². The van der Waals surface area contributed by atoms with E-state index < -0.39 is 20.0 Å². The topological polar surface area (TPSA) is 101 Å². The van der Waals surface area contributed by atoms with Crippen molar-refractivity contribution in [2.24, 2.45) is 0 Å². The summed E-state index contributed by atoms with van der Waals surface area (Å²) in [5.74, 6) is 0. The number of nitrogens with zero attached hydrogens (tertiary/aromatic N) is 3. The fraction of sp³-hybridized carbons (Fsp3) is 0.286. The maximum Gasteiger partial charge on any atom is 0.261 e. The van der Waals surface area contributed by atoms with E-state index >= 15 is 0 Å². The summed E-state index contributed by atoms with van der Waals surface area (Å²) < 4.78 is 57.2. The van der Waals surface area contributed by atoms with Crippen LogP contribution in [0, 0.1) is 0 Å². The normalized spacial score (nSPS) is 15.6. The number of hydrogen-bond donors (Lipinski definition) is 1. The van der Waals surface area contributed by atoms with Crippen LogP contribution >= 0.6 is 0 Å². The van der Waals surface area contributed by atoms with E-state index in [2.05, 4.69) is 9.82 Å². The minimum Gasteiger partial charge on any atom is -0.279 e. The molecule has 1 fully saturated rings. The Labute approximate surface area is 182 Å². The molecule has 1 N–H and O–H groups in total. The molecule has 0 saturated carbocycles. The van der Waals surface area contributed by atoms with Crippen molar-refractivity contribution < 1.29 is 16.8 Å². The molecule has 1 aromatic heterocycles. The summed E-state index contributed by atoms with van der Waals surface area (Å²) in [7, 11) is -7.50. The maximum absolute atomic E-state index is 12.9. The van der Waals surface area contributed by atoms with Crippen molar-refractivity contribution in [1.82, 2.24) is 14.1 Å². The van der Waals surface area contributed by atoms with Gasteiger partial charge in [-0.2, -0.15) is 9.40 Å². The lowest BCUT2D eigenvalue weighted by molar-refractivity contribution is 0.346. The largest absolute Gasteiger partial charge is 0.279 e. The first-order chi connectivity index (χ1) is 14.9. The lowest BCUT2D eigenvalue weighted by atomic mass is 10.2. The van der Waals surface area contributed by atoms with Crippen molar-refractivity contribution in [3.05, 3.63) is 72.6 Å². The number of sulfonamides is 2. The van der Waals surface area contributed by atoms with E-state index in [1.165, 1.54) is 28.6 Å². The summed E-state index contributed by atoms with van der Waals surface area (Å²) in [5.41, 5.74) is 1.21. The maximum atomic E-state index is 12.9. The van der Waals surface area contributed by atoms with Gasteiger partial charge in [-0.25, -0.2) is 16.8 Å². The number of rotatable bonds is 7. The quantitative estimate of drug-likeness (QED) is 0.584. The first-order valence-electron chi connectivity index (χ1n) is 10.0. The van der Waals surface area contributed by atoms with Gasteiger partial charge in [0.25, 0.3) is 10.0 Å². The van der Waals surface area contributed by atoms with Gasteiger partial charge >= 0.3 is 0 Å². The first-order valence-corrected chi connectivity index (χ1v) is 13.0. The van der Waals surface area contributed by atoms with Crippen LogP contribution in [-0.4, -0.2) is 44.0 Å². The Balaban J connectivity index is 1.55. The number of anilines is 1. The van der Waals surface area contributed by atoms with Crippen LogP contribution in [0.25, 0.3) is 0 Å². The van der Waals surface area contributed by atoms with Crippen molar-refractivity contribution in [2.45, 2.75) is 35.6 Å². The zero-order chi connectivity index (χ0) is 21.9. The Morgan fingerprint density at radius 2 is 1.52 bits per heavy atom. The SMILES string of the molecule is O=S(=O)(Nc1ccccc1Cn1cccn1)c1ccc(S(=O)(=O)N2CCCCC2)cc1. The molecular weight excluding hydrogens is 436 g/mol. The van der Waals surface area contributed by atoms with Crippen molar-refractivity contribution in [2.75, 3.05) is 17.8 Å². The second-order valence-corrected chi connectivity index (χ2v) is 11.0. The highest BCUT2D eigenvalue weighted by atomic mass is 32.2. The van der Waals surface area contributed by atoms with Crippen LogP contribution in [0.1, 0.15) is 24.8 Å². The molecule has 8 nitrogen and oxygen atoms in total. The zero-order valence-electron chi connectivity index (χ0n) is 16.9. The second kappa shape index (κ2) is 8.81. The van der Waals surface area contributed by atoms with E-state index in [9.17, 15) is 16.8 Å². The smallest absolute Gasteiger partial charge is 0.261 e. The average molecular weight is 461 g/mol. The van der Waals surface area contributed by atoms with Crippen LogP contribution in [0.2, 0.25) is 0 Å². The molecule has 0 unspecified atom stereocenters. The third-order valence-electron chi connectivity index (χ3n) is 5.24. The monoisotopic (exact) mass is 460 g/mol. The molecule has 0 aliphatic carbocycles. The number of para-hydroxylation sites is 1. The molecule has 164 valence electrons. The van der Waals surface area contributed by atoms with Gasteiger partial charge in [0.1, 0.15) is 0 Å². The van der Waals surface area contributed by atoms with E-state index in [1.807, 2.05) is 12.1 Å². The van der Waals surface area contributed by atoms with Crippen LogP contribution in [0.15, 0.2) is 76.8 Å². The van der Waals surface area contributed by atoms with Crippen LogP contribution in [0.5, 0.6) is 0 Å². The van der Waals surface area contributed by atoms with Crippen LogP contribution < -0.4 is 4.72 Å². The highest BCUT2D eigenvalue weighted by molar-refractivity contribution is 7.92. The molecular formula is C21H24N4O4S2. The molecule has 2 aromatic carbocycles. The van der Waals surface area contributed by atoms with Crippen molar-refractivity contribution in [3.63, 3.8) is 0 Å². The third-order valence-corrected chi connectivity index (χ3v) is 8.53. The fourth-order valence-electron chi connectivity index (χ4n) is 3.58. The van der Waals surface area contributed by atoms with E-state index in [0.29, 0.717) is 25.3 Å². The Morgan fingerprint density at radius 3 is 2.19 bits per heavy atom. The van der Waals surface area contributed by atoms with E-state index in [0.717, 1.165) is 24.8 Å². The molecule has 0 radical (unpaired) electrons. The minimum absolute atomic E-state index is 0.000939. The van der Waals surface area contributed by atoms with Crippen LogP contribution in [0.4, 0.5) is 5.69 Å². The summed E-state index contributed by atoms with van der Waals surface area (Å²) in [6.07, 6.45) is 6.16.